The number of nitrogens with zero attached hydrogens (tertiary/aromatic N) is 3. The number of nitrogen functional groups attached to an aromatic ring is 1. The number of phenolic OH excluding ortho intramolecular Hbond substituents is 1. The predicted octanol–water partition coefficient (Wildman–Crippen LogP) is 3.48. The first kappa shape index (κ1) is 16.0. The first-order chi connectivity index (χ1) is 12.0. The third-order valence-electron chi connectivity index (χ3n) is 3.77. The average molecular weight is 332 g/mol. The molecule has 3 rings (SSSR count). The van der Waals surface area contributed by atoms with Gasteiger partial charge in [0.25, 0.3) is 0 Å². The van der Waals surface area contributed by atoms with Gasteiger partial charge in [-0.2, -0.15) is 5.26 Å². The molecule has 0 saturated heterocycles. The number of hydrogen-bond acceptors (Lipinski definition) is 6. The molecule has 7 heteroatoms. The average Bonchev–Trinajstić information content (AvgIpc) is 2.62. The van der Waals surface area contributed by atoms with Crippen molar-refractivity contribution in [2.24, 2.45) is 0 Å². The van der Waals surface area contributed by atoms with E-state index in [1.54, 1.807) is 0 Å². The lowest BCUT2D eigenvalue weighted by atomic mass is 9.92. The summed E-state index contributed by atoms with van der Waals surface area (Å²) in [5, 5.41) is 30.3. The molecule has 25 heavy (non-hydrogen) atoms. The predicted molar refractivity (Wildman–Crippen MR) is 92.6 cm³/mol. The number of nitriles is 1. The highest BCUT2D eigenvalue weighted by Crippen LogP contribution is 2.39. The Labute approximate surface area is 142 Å². The van der Waals surface area contributed by atoms with E-state index < -0.39 is 16.4 Å². The van der Waals surface area contributed by atoms with Gasteiger partial charge in [0.05, 0.1) is 4.92 Å². The Morgan fingerprint density at radius 3 is 2.52 bits per heavy atom. The zero-order valence-electron chi connectivity index (χ0n) is 12.9. The van der Waals surface area contributed by atoms with Crippen molar-refractivity contribution in [1.29, 1.82) is 5.26 Å². The van der Waals surface area contributed by atoms with E-state index in [0.717, 1.165) is 5.56 Å². The van der Waals surface area contributed by atoms with Crippen molar-refractivity contribution >= 4 is 11.5 Å². The first-order valence-corrected chi connectivity index (χ1v) is 7.24. The van der Waals surface area contributed by atoms with Crippen molar-refractivity contribution in [3.63, 3.8) is 0 Å². The number of benzene rings is 2. The normalized spacial score (nSPS) is 10.2. The topological polar surface area (TPSA) is 126 Å². The lowest BCUT2D eigenvalue weighted by Crippen LogP contribution is -2.00. The van der Waals surface area contributed by atoms with Gasteiger partial charge >= 0.3 is 5.69 Å². The van der Waals surface area contributed by atoms with Crippen molar-refractivity contribution in [3.8, 4) is 34.1 Å². The maximum absolute atomic E-state index is 11.1. The van der Waals surface area contributed by atoms with E-state index in [9.17, 15) is 20.5 Å². The van der Waals surface area contributed by atoms with Crippen LogP contribution in [0, 0.1) is 21.4 Å². The summed E-state index contributed by atoms with van der Waals surface area (Å²) in [6.45, 7) is 0. The molecule has 0 radical (unpaired) electrons. The molecule has 1 heterocycles. The van der Waals surface area contributed by atoms with E-state index in [-0.39, 0.29) is 11.4 Å². The van der Waals surface area contributed by atoms with Crippen molar-refractivity contribution in [1.82, 2.24) is 4.98 Å². The van der Waals surface area contributed by atoms with E-state index >= 15 is 0 Å². The number of nitro groups is 1. The van der Waals surface area contributed by atoms with E-state index in [1.165, 1.54) is 24.4 Å². The summed E-state index contributed by atoms with van der Waals surface area (Å²) in [7, 11) is 0. The first-order valence-electron chi connectivity index (χ1n) is 7.24. The molecule has 2 aromatic carbocycles. The third kappa shape index (κ3) is 2.84. The fraction of sp³-hybridized carbons (Fsp3) is 0. The highest BCUT2D eigenvalue weighted by molar-refractivity contribution is 5.90. The number of nitro benzene ring substituents is 1. The van der Waals surface area contributed by atoms with E-state index in [4.69, 9.17) is 5.73 Å². The Kier molecular flexibility index (Phi) is 4.02. The summed E-state index contributed by atoms with van der Waals surface area (Å²) in [5.41, 5.74) is 7.74. The molecule has 0 spiro atoms. The minimum absolute atomic E-state index is 0.0351. The molecule has 0 atom stereocenters. The SMILES string of the molecule is N#Cc1c(N)ncc(-c2ccccc2)c1-c1ccc(O)c([N+](=O)[O-])c1. The smallest absolute Gasteiger partial charge is 0.311 e. The summed E-state index contributed by atoms with van der Waals surface area (Å²) >= 11 is 0. The highest BCUT2D eigenvalue weighted by Gasteiger charge is 2.20. The molecule has 3 aromatic rings. The second-order valence-electron chi connectivity index (χ2n) is 5.25. The zero-order chi connectivity index (χ0) is 18.0. The minimum Gasteiger partial charge on any atom is -0.502 e. The number of aromatic hydroxyl groups is 1. The van der Waals surface area contributed by atoms with Gasteiger partial charge in [0, 0.05) is 23.4 Å². The Hall–Kier alpha value is -3.92. The second-order valence-corrected chi connectivity index (χ2v) is 5.25. The van der Waals surface area contributed by atoms with Gasteiger partial charge < -0.3 is 10.8 Å². The Balaban J connectivity index is 2.35. The summed E-state index contributed by atoms with van der Waals surface area (Å²) < 4.78 is 0. The Bertz CT molecular complexity index is 1010. The largest absolute Gasteiger partial charge is 0.502 e. The van der Waals surface area contributed by atoms with Gasteiger partial charge in [0.15, 0.2) is 5.75 Å². The number of pyridine rings is 1. The molecule has 3 N–H and O–H groups in total. The van der Waals surface area contributed by atoms with Crippen LogP contribution in [0.25, 0.3) is 22.3 Å². The van der Waals surface area contributed by atoms with Crippen LogP contribution in [0.4, 0.5) is 11.5 Å². The van der Waals surface area contributed by atoms with Crippen LogP contribution in [0.5, 0.6) is 5.75 Å². The van der Waals surface area contributed by atoms with Gasteiger partial charge in [0.2, 0.25) is 0 Å². The molecule has 0 unspecified atom stereocenters. The van der Waals surface area contributed by atoms with Crippen LogP contribution in [0.1, 0.15) is 5.56 Å². The fourth-order valence-corrected chi connectivity index (χ4v) is 2.60. The summed E-state index contributed by atoms with van der Waals surface area (Å²) in [4.78, 5) is 14.5. The second kappa shape index (κ2) is 6.29. The molecule has 0 amide bonds. The summed E-state index contributed by atoms with van der Waals surface area (Å²) in [6.07, 6.45) is 1.53. The minimum atomic E-state index is -0.683. The van der Waals surface area contributed by atoms with Gasteiger partial charge in [-0.05, 0) is 17.2 Å². The Morgan fingerprint density at radius 2 is 1.88 bits per heavy atom. The monoisotopic (exact) mass is 332 g/mol. The molecule has 0 aliphatic heterocycles. The van der Waals surface area contributed by atoms with Crippen LogP contribution in [-0.4, -0.2) is 15.0 Å². The molecule has 122 valence electrons. The van der Waals surface area contributed by atoms with Crippen molar-refractivity contribution in [2.75, 3.05) is 5.73 Å². The van der Waals surface area contributed by atoms with Crippen molar-refractivity contribution < 1.29 is 10.0 Å². The van der Waals surface area contributed by atoms with Crippen LogP contribution in [-0.2, 0) is 0 Å². The molecular weight excluding hydrogens is 320 g/mol. The molecule has 1 aromatic heterocycles. The molecule has 0 fully saturated rings. The highest BCUT2D eigenvalue weighted by atomic mass is 16.6. The summed E-state index contributed by atoms with van der Waals surface area (Å²) in [5.74, 6) is -0.413. The molecular formula is C18H12N4O3. The quantitative estimate of drug-likeness (QED) is 0.558. The number of nitrogens with two attached hydrogens (primary N) is 1. The summed E-state index contributed by atoms with van der Waals surface area (Å²) in [6, 6.07) is 15.2. The standard InChI is InChI=1S/C18H12N4O3/c19-9-13-17(12-6-7-16(23)15(8-12)22(24)25)14(10-21-18(13)20)11-4-2-1-3-5-11/h1-8,10,23H,(H2,20,21). The van der Waals surface area contributed by atoms with Gasteiger partial charge in [-0.1, -0.05) is 36.4 Å². The number of anilines is 1. The van der Waals surface area contributed by atoms with Crippen molar-refractivity contribution in [2.45, 2.75) is 0 Å². The zero-order valence-corrected chi connectivity index (χ0v) is 12.9. The fourth-order valence-electron chi connectivity index (χ4n) is 2.60. The lowest BCUT2D eigenvalue weighted by Gasteiger charge is -2.13. The van der Waals surface area contributed by atoms with E-state index in [1.807, 2.05) is 36.4 Å². The third-order valence-corrected chi connectivity index (χ3v) is 3.77. The van der Waals surface area contributed by atoms with Gasteiger partial charge in [-0.15, -0.1) is 0 Å². The number of phenols is 1. The molecule has 0 saturated carbocycles. The van der Waals surface area contributed by atoms with E-state index in [2.05, 4.69) is 4.98 Å². The van der Waals surface area contributed by atoms with Crippen LogP contribution in [0.3, 0.4) is 0 Å². The van der Waals surface area contributed by atoms with Crippen LogP contribution in [0.15, 0.2) is 54.7 Å². The van der Waals surface area contributed by atoms with Crippen molar-refractivity contribution in [3.05, 3.63) is 70.4 Å². The lowest BCUT2D eigenvalue weighted by molar-refractivity contribution is -0.385. The maximum atomic E-state index is 11.1. The number of aromatic nitrogens is 1. The molecule has 7 nitrogen and oxygen atoms in total. The van der Waals surface area contributed by atoms with Gasteiger partial charge in [-0.3, -0.25) is 10.1 Å². The van der Waals surface area contributed by atoms with Crippen LogP contribution >= 0.6 is 0 Å². The molecule has 0 aliphatic carbocycles. The maximum Gasteiger partial charge on any atom is 0.311 e. The number of rotatable bonds is 3. The molecule has 0 bridgehead atoms. The Morgan fingerprint density at radius 1 is 1.16 bits per heavy atom. The van der Waals surface area contributed by atoms with Gasteiger partial charge in [0.1, 0.15) is 17.5 Å². The van der Waals surface area contributed by atoms with Crippen LogP contribution in [0.2, 0.25) is 0 Å². The van der Waals surface area contributed by atoms with Gasteiger partial charge in [-0.25, -0.2) is 4.98 Å². The van der Waals surface area contributed by atoms with Crippen LogP contribution < -0.4 is 5.73 Å². The van der Waals surface area contributed by atoms with E-state index in [0.29, 0.717) is 16.7 Å². The number of hydrogen-bond donors (Lipinski definition) is 2. The molecule has 0 aliphatic rings.